The second-order valence-corrected chi connectivity index (χ2v) is 9.82. The first-order chi connectivity index (χ1) is 18.1. The number of aliphatic hydroxyl groups is 2. The zero-order valence-corrected chi connectivity index (χ0v) is 21.9. The number of hydrogen-bond donors (Lipinski definition) is 3. The summed E-state index contributed by atoms with van der Waals surface area (Å²) in [4.78, 5) is 15.1. The highest BCUT2D eigenvalue weighted by molar-refractivity contribution is 6.19. The van der Waals surface area contributed by atoms with Gasteiger partial charge >= 0.3 is 5.63 Å². The number of phenolic OH excluding ortho intramolecular Hbond substituents is 1. The van der Waals surface area contributed by atoms with Crippen molar-refractivity contribution < 1.29 is 33.9 Å². The third-order valence-corrected chi connectivity index (χ3v) is 7.45. The highest BCUT2D eigenvalue weighted by Gasteiger charge is 2.45. The Labute approximate surface area is 219 Å². The molecule has 3 N–H and O–H groups in total. The molecule has 4 aromatic rings. The third-order valence-electron chi connectivity index (χ3n) is 7.45. The molecule has 0 saturated carbocycles. The molecule has 1 fully saturated rings. The van der Waals surface area contributed by atoms with Crippen LogP contribution in [0.2, 0.25) is 0 Å². The number of ether oxygens (including phenoxy) is 3. The summed E-state index contributed by atoms with van der Waals surface area (Å²) in [6.45, 7) is 5.52. The van der Waals surface area contributed by atoms with Gasteiger partial charge in [-0.15, -0.1) is 0 Å². The number of aliphatic hydroxyl groups excluding tert-OH is 2. The number of aromatic hydroxyl groups is 1. The fraction of sp³-hybridized carbons (Fsp3) is 0.345. The fourth-order valence-electron chi connectivity index (χ4n) is 5.62. The van der Waals surface area contributed by atoms with Gasteiger partial charge in [-0.1, -0.05) is 18.7 Å². The molecule has 5 rings (SSSR count). The molecule has 9 heteroatoms. The standard InChI is InChI=1S/C29H31NO8/c1-7-14-10-17-21(19(11-14)35-5)16-12-20(36-6)23-18(31)9-8-15(22(23)27(16)38-29(17)34)28-26(33)24(30(3)4)25(32)13(2)37-28/h7-13,24-26,28,31-33H,1H2,2-6H3/t13-,24-,25+,26-,28-/m0/s1. The van der Waals surface area contributed by atoms with E-state index >= 15 is 0 Å². The maximum atomic E-state index is 13.3. The van der Waals surface area contributed by atoms with Crippen molar-refractivity contribution in [3.8, 4) is 17.2 Å². The Balaban J connectivity index is 1.94. The van der Waals surface area contributed by atoms with Gasteiger partial charge in [0.2, 0.25) is 0 Å². The lowest BCUT2D eigenvalue weighted by molar-refractivity contribution is -0.197. The summed E-state index contributed by atoms with van der Waals surface area (Å²) in [5.74, 6) is 0.679. The average molecular weight is 522 g/mol. The van der Waals surface area contributed by atoms with Gasteiger partial charge in [0, 0.05) is 16.2 Å². The van der Waals surface area contributed by atoms with Gasteiger partial charge in [-0.25, -0.2) is 4.79 Å². The van der Waals surface area contributed by atoms with Crippen molar-refractivity contribution in [2.24, 2.45) is 0 Å². The van der Waals surface area contributed by atoms with Crippen LogP contribution in [-0.2, 0) is 4.74 Å². The summed E-state index contributed by atoms with van der Waals surface area (Å²) in [6.07, 6.45) is -1.98. The van der Waals surface area contributed by atoms with Crippen LogP contribution < -0.4 is 15.1 Å². The maximum Gasteiger partial charge on any atom is 0.344 e. The molecule has 200 valence electrons. The van der Waals surface area contributed by atoms with Crippen LogP contribution in [-0.4, -0.2) is 72.9 Å². The molecule has 5 atom stereocenters. The number of nitrogens with zero attached hydrogens (tertiary/aromatic N) is 1. The Morgan fingerprint density at radius 3 is 2.29 bits per heavy atom. The number of phenols is 1. The van der Waals surface area contributed by atoms with Gasteiger partial charge in [-0.2, -0.15) is 0 Å². The molecule has 0 spiro atoms. The zero-order valence-electron chi connectivity index (χ0n) is 21.9. The minimum Gasteiger partial charge on any atom is -0.507 e. The molecule has 0 unspecified atom stereocenters. The smallest absolute Gasteiger partial charge is 0.344 e. The van der Waals surface area contributed by atoms with Crippen molar-refractivity contribution in [1.82, 2.24) is 4.90 Å². The first-order valence-electron chi connectivity index (χ1n) is 12.2. The minimum atomic E-state index is -1.14. The van der Waals surface area contributed by atoms with E-state index in [2.05, 4.69) is 6.58 Å². The number of methoxy groups -OCH3 is 2. The van der Waals surface area contributed by atoms with Gasteiger partial charge in [0.25, 0.3) is 0 Å². The summed E-state index contributed by atoms with van der Waals surface area (Å²) >= 11 is 0. The highest BCUT2D eigenvalue weighted by atomic mass is 16.5. The van der Waals surface area contributed by atoms with E-state index in [0.29, 0.717) is 49.6 Å². The summed E-state index contributed by atoms with van der Waals surface area (Å²) in [7, 11) is 6.54. The molecule has 0 radical (unpaired) electrons. The first kappa shape index (κ1) is 26.0. The van der Waals surface area contributed by atoms with Gasteiger partial charge < -0.3 is 38.8 Å². The van der Waals surface area contributed by atoms with Gasteiger partial charge in [0.1, 0.15) is 35.0 Å². The SMILES string of the molecule is C=Cc1cc(OC)c2c(c1)c(=O)oc1c2cc(OC)c2c(O)ccc([C@@H]3O[C@@H](C)[C@@H](O)[C@H](N(C)C)[C@@H]3O)c21. The predicted octanol–water partition coefficient (Wildman–Crippen LogP) is 3.58. The Bertz CT molecular complexity index is 1630. The molecule has 0 aliphatic carbocycles. The lowest BCUT2D eigenvalue weighted by Gasteiger charge is -2.45. The van der Waals surface area contributed by atoms with E-state index in [1.807, 2.05) is 0 Å². The second kappa shape index (κ2) is 9.59. The normalized spacial score (nSPS) is 23.8. The van der Waals surface area contributed by atoms with Crippen LogP contribution in [0.3, 0.4) is 0 Å². The van der Waals surface area contributed by atoms with E-state index in [1.54, 1.807) is 56.3 Å². The van der Waals surface area contributed by atoms with Crippen LogP contribution in [0, 0.1) is 0 Å². The summed E-state index contributed by atoms with van der Waals surface area (Å²) in [6, 6.07) is 7.62. The fourth-order valence-corrected chi connectivity index (χ4v) is 5.62. The largest absolute Gasteiger partial charge is 0.507 e. The van der Waals surface area contributed by atoms with Gasteiger partial charge in [0.05, 0.1) is 43.2 Å². The van der Waals surface area contributed by atoms with Crippen LogP contribution in [0.1, 0.15) is 24.2 Å². The summed E-state index contributed by atoms with van der Waals surface area (Å²) < 4.78 is 23.4. The molecule has 1 aliphatic heterocycles. The van der Waals surface area contributed by atoms with Gasteiger partial charge in [-0.3, -0.25) is 0 Å². The van der Waals surface area contributed by atoms with Crippen molar-refractivity contribution in [2.75, 3.05) is 28.3 Å². The molecule has 3 aromatic carbocycles. The predicted molar refractivity (Wildman–Crippen MR) is 145 cm³/mol. The zero-order chi connectivity index (χ0) is 27.5. The Morgan fingerprint density at radius 1 is 0.974 bits per heavy atom. The first-order valence-corrected chi connectivity index (χ1v) is 12.2. The van der Waals surface area contributed by atoms with Crippen molar-refractivity contribution in [1.29, 1.82) is 0 Å². The number of benzene rings is 3. The van der Waals surface area contributed by atoms with Crippen LogP contribution >= 0.6 is 0 Å². The Kier molecular flexibility index (Phi) is 6.56. The lowest BCUT2D eigenvalue weighted by atomic mass is 9.86. The molecule has 1 aromatic heterocycles. The number of hydrogen-bond acceptors (Lipinski definition) is 9. The van der Waals surface area contributed by atoms with Crippen LogP contribution in [0.4, 0.5) is 0 Å². The molecule has 9 nitrogen and oxygen atoms in total. The number of fused-ring (bicyclic) bond motifs is 5. The average Bonchev–Trinajstić information content (AvgIpc) is 2.90. The third kappa shape index (κ3) is 3.82. The van der Waals surface area contributed by atoms with Crippen LogP contribution in [0.5, 0.6) is 17.2 Å². The second-order valence-electron chi connectivity index (χ2n) is 9.82. The topological polar surface area (TPSA) is 122 Å². The molecule has 2 heterocycles. The van der Waals surface area contributed by atoms with Gasteiger partial charge in [0.15, 0.2) is 0 Å². The van der Waals surface area contributed by atoms with Crippen molar-refractivity contribution >= 4 is 38.6 Å². The lowest BCUT2D eigenvalue weighted by Crippen LogP contribution is -2.58. The van der Waals surface area contributed by atoms with Gasteiger partial charge in [-0.05, 0) is 56.4 Å². The van der Waals surface area contributed by atoms with E-state index in [1.165, 1.54) is 20.3 Å². The Hall–Kier alpha value is -3.63. The van der Waals surface area contributed by atoms with E-state index in [0.717, 1.165) is 0 Å². The number of likely N-dealkylation sites (N-methyl/N-ethyl adjacent to an activating group) is 1. The van der Waals surface area contributed by atoms with E-state index in [-0.39, 0.29) is 11.3 Å². The quantitative estimate of drug-likeness (QED) is 0.267. The van der Waals surface area contributed by atoms with Crippen molar-refractivity contribution in [3.05, 3.63) is 58.5 Å². The monoisotopic (exact) mass is 521 g/mol. The Morgan fingerprint density at radius 2 is 1.66 bits per heavy atom. The van der Waals surface area contributed by atoms with E-state index in [4.69, 9.17) is 18.6 Å². The maximum absolute atomic E-state index is 13.3. The van der Waals surface area contributed by atoms with Crippen LogP contribution in [0.15, 0.2) is 46.1 Å². The molecular formula is C29H31NO8. The number of rotatable bonds is 5. The minimum absolute atomic E-state index is 0.0956. The van der Waals surface area contributed by atoms with E-state index < -0.39 is 36.1 Å². The highest BCUT2D eigenvalue weighted by Crippen LogP contribution is 2.47. The molecule has 1 saturated heterocycles. The molecule has 38 heavy (non-hydrogen) atoms. The summed E-state index contributed by atoms with van der Waals surface area (Å²) in [5.41, 5.74) is 0.747. The van der Waals surface area contributed by atoms with Crippen molar-refractivity contribution in [2.45, 2.75) is 37.4 Å². The molecule has 0 amide bonds. The molecular weight excluding hydrogens is 490 g/mol. The van der Waals surface area contributed by atoms with Crippen LogP contribution in [0.25, 0.3) is 38.6 Å². The molecule has 0 bridgehead atoms. The summed E-state index contributed by atoms with van der Waals surface area (Å²) in [5, 5.41) is 35.1. The van der Waals surface area contributed by atoms with E-state index in [9.17, 15) is 20.1 Å². The van der Waals surface area contributed by atoms with Crippen molar-refractivity contribution in [3.63, 3.8) is 0 Å². The molecule has 1 aliphatic rings.